The minimum Gasteiger partial charge on any atom is -0.497 e. The third kappa shape index (κ3) is 6.62. The average molecular weight is 449 g/mol. The number of rotatable bonds is 9. The van der Waals surface area contributed by atoms with Gasteiger partial charge in [-0.05, 0) is 48.5 Å². The predicted molar refractivity (Wildman–Crippen MR) is 119 cm³/mol. The van der Waals surface area contributed by atoms with Crippen molar-refractivity contribution in [3.8, 4) is 17.2 Å². The Morgan fingerprint density at radius 3 is 2.33 bits per heavy atom. The lowest BCUT2D eigenvalue weighted by atomic mass is 10.2. The van der Waals surface area contributed by atoms with Crippen molar-refractivity contribution in [2.24, 2.45) is 5.10 Å². The number of hydrogen-bond donors (Lipinski definition) is 1. The number of nitro groups is 1. The molecular formula is C23H19N3O7. The second-order valence-corrected chi connectivity index (χ2v) is 6.49. The fourth-order valence-corrected chi connectivity index (χ4v) is 2.59. The van der Waals surface area contributed by atoms with Gasteiger partial charge in [0.25, 0.3) is 11.6 Å². The van der Waals surface area contributed by atoms with E-state index in [2.05, 4.69) is 10.5 Å². The van der Waals surface area contributed by atoms with E-state index in [0.717, 1.165) is 0 Å². The van der Waals surface area contributed by atoms with Crippen molar-refractivity contribution < 1.29 is 28.7 Å². The van der Waals surface area contributed by atoms with Crippen LogP contribution in [0.25, 0.3) is 0 Å². The molecule has 0 radical (unpaired) electrons. The van der Waals surface area contributed by atoms with E-state index in [9.17, 15) is 19.7 Å². The van der Waals surface area contributed by atoms with Crippen LogP contribution in [0.5, 0.6) is 17.2 Å². The monoisotopic (exact) mass is 449 g/mol. The summed E-state index contributed by atoms with van der Waals surface area (Å²) in [4.78, 5) is 34.5. The average Bonchev–Trinajstić information content (AvgIpc) is 2.84. The van der Waals surface area contributed by atoms with Crippen LogP contribution in [0.3, 0.4) is 0 Å². The molecule has 0 unspecified atom stereocenters. The first-order valence-corrected chi connectivity index (χ1v) is 9.60. The first kappa shape index (κ1) is 22.9. The summed E-state index contributed by atoms with van der Waals surface area (Å²) in [6.07, 6.45) is 1.32. The molecule has 0 aromatic heterocycles. The highest BCUT2D eigenvalue weighted by Gasteiger charge is 2.13. The van der Waals surface area contributed by atoms with Gasteiger partial charge in [0.2, 0.25) is 0 Å². The third-order valence-electron chi connectivity index (χ3n) is 4.26. The highest BCUT2D eigenvalue weighted by molar-refractivity contribution is 5.93. The molecule has 3 aromatic rings. The fraction of sp³-hybridized carbons (Fsp3) is 0.0870. The summed E-state index contributed by atoms with van der Waals surface area (Å²) < 4.78 is 15.8. The molecule has 3 rings (SSSR count). The molecule has 1 N–H and O–H groups in total. The van der Waals surface area contributed by atoms with Gasteiger partial charge in [0.15, 0.2) is 6.61 Å². The molecule has 0 saturated carbocycles. The number of nitrogens with zero attached hydrogens (tertiary/aromatic N) is 2. The number of para-hydroxylation sites is 1. The quantitative estimate of drug-likeness (QED) is 0.174. The topological polar surface area (TPSA) is 129 Å². The molecule has 33 heavy (non-hydrogen) atoms. The zero-order valence-electron chi connectivity index (χ0n) is 17.5. The molecular weight excluding hydrogens is 430 g/mol. The van der Waals surface area contributed by atoms with Gasteiger partial charge >= 0.3 is 5.97 Å². The van der Waals surface area contributed by atoms with Crippen LogP contribution in [0.1, 0.15) is 15.9 Å². The molecule has 0 saturated heterocycles. The molecule has 0 heterocycles. The van der Waals surface area contributed by atoms with Gasteiger partial charge in [-0.2, -0.15) is 5.10 Å². The smallest absolute Gasteiger partial charge is 0.343 e. The van der Waals surface area contributed by atoms with Gasteiger partial charge in [0.1, 0.15) is 17.2 Å². The number of non-ortho nitro benzene ring substituents is 1. The van der Waals surface area contributed by atoms with Crippen LogP contribution in [0.4, 0.5) is 5.69 Å². The number of methoxy groups -OCH3 is 1. The molecule has 0 bridgehead atoms. The Balaban J connectivity index is 1.56. The molecule has 0 aliphatic heterocycles. The maximum atomic E-state index is 12.4. The highest BCUT2D eigenvalue weighted by Crippen LogP contribution is 2.19. The molecule has 0 aliphatic rings. The molecule has 0 spiro atoms. The molecule has 10 nitrogen and oxygen atoms in total. The standard InChI is InChI=1S/C23H19N3O7/c1-31-19-10-12-20(13-11-19)32-15-22(27)25-24-14-17-4-2-3-5-21(17)33-23(28)16-6-8-18(9-7-16)26(29)30/h2-14H,15H2,1H3,(H,25,27)/b24-14-. The van der Waals surface area contributed by atoms with Crippen LogP contribution in [-0.2, 0) is 4.79 Å². The van der Waals surface area contributed by atoms with E-state index >= 15 is 0 Å². The van der Waals surface area contributed by atoms with Crippen molar-refractivity contribution in [1.29, 1.82) is 0 Å². The van der Waals surface area contributed by atoms with Crippen molar-refractivity contribution in [3.05, 3.63) is 94.0 Å². The number of ether oxygens (including phenoxy) is 3. The number of amides is 1. The van der Waals surface area contributed by atoms with E-state index in [4.69, 9.17) is 14.2 Å². The zero-order valence-corrected chi connectivity index (χ0v) is 17.5. The first-order valence-electron chi connectivity index (χ1n) is 9.60. The molecule has 168 valence electrons. The predicted octanol–water partition coefficient (Wildman–Crippen LogP) is 3.35. The Morgan fingerprint density at radius 1 is 1.00 bits per heavy atom. The Bertz CT molecular complexity index is 1160. The summed E-state index contributed by atoms with van der Waals surface area (Å²) in [5, 5.41) is 14.6. The lowest BCUT2D eigenvalue weighted by molar-refractivity contribution is -0.384. The van der Waals surface area contributed by atoms with Crippen LogP contribution < -0.4 is 19.6 Å². The van der Waals surface area contributed by atoms with Gasteiger partial charge in [-0.1, -0.05) is 12.1 Å². The van der Waals surface area contributed by atoms with E-state index in [1.807, 2.05) is 0 Å². The van der Waals surface area contributed by atoms with Crippen molar-refractivity contribution >= 4 is 23.8 Å². The fourth-order valence-electron chi connectivity index (χ4n) is 2.59. The van der Waals surface area contributed by atoms with Gasteiger partial charge in [-0.25, -0.2) is 10.2 Å². The number of hydrazone groups is 1. The summed E-state index contributed by atoms with van der Waals surface area (Å²) in [5.74, 6) is 0.196. The number of hydrogen-bond acceptors (Lipinski definition) is 8. The van der Waals surface area contributed by atoms with Gasteiger partial charge in [0.05, 0.1) is 23.8 Å². The second-order valence-electron chi connectivity index (χ2n) is 6.49. The van der Waals surface area contributed by atoms with Crippen LogP contribution in [0.15, 0.2) is 77.9 Å². The van der Waals surface area contributed by atoms with Crippen LogP contribution in [0.2, 0.25) is 0 Å². The number of carbonyl (C=O) groups is 2. The Morgan fingerprint density at radius 2 is 1.67 bits per heavy atom. The number of benzene rings is 3. The maximum Gasteiger partial charge on any atom is 0.343 e. The van der Waals surface area contributed by atoms with E-state index in [0.29, 0.717) is 17.1 Å². The number of carbonyl (C=O) groups excluding carboxylic acids is 2. The highest BCUT2D eigenvalue weighted by atomic mass is 16.6. The lowest BCUT2D eigenvalue weighted by Gasteiger charge is -2.07. The third-order valence-corrected chi connectivity index (χ3v) is 4.26. The van der Waals surface area contributed by atoms with Crippen LogP contribution in [-0.4, -0.2) is 36.7 Å². The summed E-state index contributed by atoms with van der Waals surface area (Å²) in [5.41, 5.74) is 2.78. The number of nitro benzene ring substituents is 1. The van der Waals surface area contributed by atoms with Crippen LogP contribution in [0, 0.1) is 10.1 Å². The molecule has 0 atom stereocenters. The van der Waals surface area contributed by atoms with E-state index in [1.54, 1.807) is 55.6 Å². The zero-order chi connectivity index (χ0) is 23.6. The van der Waals surface area contributed by atoms with Gasteiger partial charge in [-0.15, -0.1) is 0 Å². The summed E-state index contributed by atoms with van der Waals surface area (Å²) in [6.45, 7) is -0.250. The Hall–Kier alpha value is -4.73. The summed E-state index contributed by atoms with van der Waals surface area (Å²) in [6, 6.07) is 18.4. The maximum absolute atomic E-state index is 12.4. The second kappa shape index (κ2) is 11.0. The molecule has 10 heteroatoms. The molecule has 0 aliphatic carbocycles. The summed E-state index contributed by atoms with van der Waals surface area (Å²) >= 11 is 0. The van der Waals surface area contributed by atoms with Crippen LogP contribution >= 0.6 is 0 Å². The van der Waals surface area contributed by atoms with Crippen molar-refractivity contribution in [2.75, 3.05) is 13.7 Å². The summed E-state index contributed by atoms with van der Waals surface area (Å²) in [7, 11) is 1.55. The van der Waals surface area contributed by atoms with E-state index < -0.39 is 16.8 Å². The molecule has 0 fully saturated rings. The molecule has 1 amide bonds. The normalized spacial score (nSPS) is 10.5. The minimum absolute atomic E-state index is 0.134. The largest absolute Gasteiger partial charge is 0.497 e. The van der Waals surface area contributed by atoms with Gasteiger partial charge in [0, 0.05) is 17.7 Å². The lowest BCUT2D eigenvalue weighted by Crippen LogP contribution is -2.24. The van der Waals surface area contributed by atoms with E-state index in [-0.39, 0.29) is 23.6 Å². The van der Waals surface area contributed by atoms with Gasteiger partial charge < -0.3 is 14.2 Å². The Labute approximate surface area is 188 Å². The number of nitrogens with one attached hydrogen (secondary N) is 1. The Kier molecular flexibility index (Phi) is 7.68. The number of esters is 1. The SMILES string of the molecule is COc1ccc(OCC(=O)N/N=C\c2ccccc2OC(=O)c2ccc([N+](=O)[O-])cc2)cc1. The van der Waals surface area contributed by atoms with E-state index in [1.165, 1.54) is 30.5 Å². The van der Waals surface area contributed by atoms with Gasteiger partial charge in [-0.3, -0.25) is 14.9 Å². The molecule has 3 aromatic carbocycles. The minimum atomic E-state index is -0.692. The van der Waals surface area contributed by atoms with Crippen molar-refractivity contribution in [1.82, 2.24) is 5.43 Å². The van der Waals surface area contributed by atoms with Crippen molar-refractivity contribution in [3.63, 3.8) is 0 Å². The first-order chi connectivity index (χ1) is 16.0. The van der Waals surface area contributed by atoms with Crippen molar-refractivity contribution in [2.45, 2.75) is 0 Å².